The Labute approximate surface area is 183 Å². The number of aliphatic imine (C=N–C) groups is 1. The topological polar surface area (TPSA) is 198 Å². The maximum absolute atomic E-state index is 12.0. The maximum Gasteiger partial charge on any atom is 0.306 e. The molecule has 0 bridgehead atoms. The van der Waals surface area contributed by atoms with Crippen molar-refractivity contribution >= 4 is 24.1 Å². The minimum atomic E-state index is -1.05. The van der Waals surface area contributed by atoms with E-state index in [1.807, 2.05) is 13.8 Å². The minimum Gasteiger partial charge on any atom is -0.481 e. The molecule has 10 nitrogen and oxygen atoms in total. The molecular weight excluding hydrogens is 400 g/mol. The highest BCUT2D eigenvalue weighted by Crippen LogP contribution is 2.27. The molecule has 8 N–H and O–H groups in total. The average molecular weight is 437 g/mol. The molecule has 174 valence electrons. The van der Waals surface area contributed by atoms with Crippen molar-refractivity contribution < 1.29 is 19.5 Å². The molecule has 0 aromatic heterocycles. The van der Waals surface area contributed by atoms with Crippen molar-refractivity contribution in [1.82, 2.24) is 5.32 Å². The fourth-order valence-corrected chi connectivity index (χ4v) is 4.19. The normalized spacial score (nSPS) is 23.0. The molecule has 1 heterocycles. The summed E-state index contributed by atoms with van der Waals surface area (Å²) < 4.78 is 0. The van der Waals surface area contributed by atoms with E-state index in [0.717, 1.165) is 6.42 Å². The molecule has 2 amide bonds. The zero-order valence-electron chi connectivity index (χ0n) is 18.4. The van der Waals surface area contributed by atoms with Crippen LogP contribution in [0.5, 0.6) is 0 Å². The molecule has 0 saturated heterocycles. The van der Waals surface area contributed by atoms with Crippen LogP contribution in [0.25, 0.3) is 0 Å². The lowest BCUT2D eigenvalue weighted by Gasteiger charge is -2.25. The number of amidine groups is 1. The van der Waals surface area contributed by atoms with Gasteiger partial charge in [-0.3, -0.25) is 19.4 Å². The first-order valence-corrected chi connectivity index (χ1v) is 10.8. The molecule has 0 spiro atoms. The average Bonchev–Trinajstić information content (AvgIpc) is 3.02. The lowest BCUT2D eigenvalue weighted by molar-refractivity contribution is -0.143. The number of carboxylic acid groups (broad SMARTS) is 1. The van der Waals surface area contributed by atoms with Crippen molar-refractivity contribution in [3.63, 3.8) is 0 Å². The van der Waals surface area contributed by atoms with Crippen LogP contribution in [0, 0.1) is 35.0 Å². The van der Waals surface area contributed by atoms with E-state index in [1.54, 1.807) is 0 Å². The van der Waals surface area contributed by atoms with Crippen LogP contribution in [0.3, 0.4) is 0 Å². The van der Waals surface area contributed by atoms with Gasteiger partial charge in [0.15, 0.2) is 0 Å². The second-order valence-corrected chi connectivity index (χ2v) is 8.63. The molecule has 7 unspecified atom stereocenters. The zero-order valence-corrected chi connectivity index (χ0v) is 18.4. The van der Waals surface area contributed by atoms with Crippen molar-refractivity contribution in [3.05, 3.63) is 0 Å². The van der Waals surface area contributed by atoms with E-state index in [0.29, 0.717) is 31.5 Å². The Morgan fingerprint density at radius 1 is 1.32 bits per heavy atom. The molecule has 0 saturated carbocycles. The minimum absolute atomic E-state index is 0.00789. The number of hydrogen-bond donors (Lipinski definition) is 5. The predicted molar refractivity (Wildman–Crippen MR) is 116 cm³/mol. The highest BCUT2D eigenvalue weighted by Gasteiger charge is 2.31. The van der Waals surface area contributed by atoms with Gasteiger partial charge < -0.3 is 27.6 Å². The van der Waals surface area contributed by atoms with E-state index in [1.165, 1.54) is 0 Å². The molecule has 0 aliphatic carbocycles. The van der Waals surface area contributed by atoms with Crippen LogP contribution >= 0.6 is 0 Å². The van der Waals surface area contributed by atoms with Gasteiger partial charge in [0.2, 0.25) is 12.3 Å². The van der Waals surface area contributed by atoms with Crippen molar-refractivity contribution in [2.24, 2.45) is 45.9 Å². The molecule has 10 heteroatoms. The summed E-state index contributed by atoms with van der Waals surface area (Å²) in [4.78, 5) is 38.8. The molecule has 0 aromatic carbocycles. The van der Waals surface area contributed by atoms with Gasteiger partial charge in [-0.05, 0) is 44.9 Å². The maximum atomic E-state index is 12.0. The highest BCUT2D eigenvalue weighted by atomic mass is 16.4. The second kappa shape index (κ2) is 12.9. The predicted octanol–water partition coefficient (Wildman–Crippen LogP) is 0.496. The first-order chi connectivity index (χ1) is 14.6. The van der Waals surface area contributed by atoms with E-state index in [4.69, 9.17) is 17.2 Å². The number of nitrogens with two attached hydrogens (primary N) is 3. The number of hydrogen-bond acceptors (Lipinski definition) is 7. The Morgan fingerprint density at radius 3 is 2.45 bits per heavy atom. The van der Waals surface area contributed by atoms with Crippen LogP contribution in [0.15, 0.2) is 4.99 Å². The molecule has 31 heavy (non-hydrogen) atoms. The number of carboxylic acids is 1. The van der Waals surface area contributed by atoms with Gasteiger partial charge in [-0.1, -0.05) is 13.8 Å². The van der Waals surface area contributed by atoms with E-state index in [9.17, 15) is 24.8 Å². The fraction of sp³-hybridized carbons (Fsp3) is 0.762. The molecule has 0 aromatic rings. The monoisotopic (exact) mass is 436 g/mol. The van der Waals surface area contributed by atoms with Crippen LogP contribution in [0.4, 0.5) is 0 Å². The molecule has 1 rings (SSSR count). The van der Waals surface area contributed by atoms with Gasteiger partial charge in [0.25, 0.3) is 0 Å². The van der Waals surface area contributed by atoms with Gasteiger partial charge in [-0.25, -0.2) is 0 Å². The van der Waals surface area contributed by atoms with Gasteiger partial charge in [0.1, 0.15) is 0 Å². The summed E-state index contributed by atoms with van der Waals surface area (Å²) in [7, 11) is 0. The Morgan fingerprint density at radius 2 is 2.00 bits per heavy atom. The van der Waals surface area contributed by atoms with Crippen LogP contribution in [-0.2, 0) is 14.4 Å². The standard InChI is InChI=1S/C21H36N6O4/c1-3-17(26-11-28)9-15(21(30)31)7-14(20(25)29)8-16(23)5-13(10-22)6-18-4-12(2)19(24)27-18/h11-18H,3-9,23H2,1-2H3,(H2,24,27)(H2,25,29)(H,26,28)(H,30,31). The summed E-state index contributed by atoms with van der Waals surface area (Å²) in [5.74, 6) is -2.78. The fourth-order valence-electron chi connectivity index (χ4n) is 4.19. The third-order valence-corrected chi connectivity index (χ3v) is 6.06. The molecule has 7 atom stereocenters. The number of carbonyl (C=O) groups excluding carboxylic acids is 2. The van der Waals surface area contributed by atoms with Crippen molar-refractivity contribution in [3.8, 4) is 6.07 Å². The van der Waals surface area contributed by atoms with Gasteiger partial charge in [0.05, 0.1) is 23.9 Å². The summed E-state index contributed by atoms with van der Waals surface area (Å²) in [5, 5.41) is 21.7. The highest BCUT2D eigenvalue weighted by molar-refractivity contribution is 5.84. The Balaban J connectivity index is 2.70. The van der Waals surface area contributed by atoms with Crippen molar-refractivity contribution in [2.45, 2.75) is 76.9 Å². The number of primary amides is 1. The SMILES string of the molecule is CCC(CC(CC(CC(N)CC(C#N)CC1CC(C)C(N)=N1)C(N)=O)C(=O)O)NC=O. The van der Waals surface area contributed by atoms with Crippen molar-refractivity contribution in [1.29, 1.82) is 5.26 Å². The lowest BCUT2D eigenvalue weighted by Crippen LogP contribution is -2.37. The molecule has 0 fully saturated rings. The van der Waals surface area contributed by atoms with Crippen LogP contribution in [0.2, 0.25) is 0 Å². The molecule has 1 aliphatic rings. The zero-order chi connectivity index (χ0) is 23.6. The quantitative estimate of drug-likeness (QED) is 0.230. The lowest BCUT2D eigenvalue weighted by atomic mass is 9.83. The van der Waals surface area contributed by atoms with E-state index < -0.39 is 29.8 Å². The number of nitrogens with one attached hydrogen (secondary N) is 1. The van der Waals surface area contributed by atoms with Gasteiger partial charge in [-0.15, -0.1) is 0 Å². The van der Waals surface area contributed by atoms with Crippen molar-refractivity contribution in [2.75, 3.05) is 0 Å². The summed E-state index contributed by atoms with van der Waals surface area (Å²) in [5.41, 5.74) is 17.6. The summed E-state index contributed by atoms with van der Waals surface area (Å²) in [6, 6.07) is 1.47. The number of rotatable bonds is 15. The molecule has 0 radical (unpaired) electrons. The van der Waals surface area contributed by atoms with Crippen LogP contribution in [0.1, 0.15) is 58.8 Å². The van der Waals surface area contributed by atoms with E-state index in [-0.39, 0.29) is 43.2 Å². The first kappa shape index (κ1) is 26.4. The third kappa shape index (κ3) is 8.92. The Kier molecular flexibility index (Phi) is 11.0. The van der Waals surface area contributed by atoms with Gasteiger partial charge in [-0.2, -0.15) is 5.26 Å². The Bertz CT molecular complexity index is 692. The third-order valence-electron chi connectivity index (χ3n) is 6.06. The number of carbonyl (C=O) groups is 3. The molecule has 1 aliphatic heterocycles. The summed E-state index contributed by atoms with van der Waals surface area (Å²) in [6.07, 6.45) is 3.25. The summed E-state index contributed by atoms with van der Waals surface area (Å²) >= 11 is 0. The summed E-state index contributed by atoms with van der Waals surface area (Å²) in [6.45, 7) is 3.84. The number of amides is 2. The number of nitriles is 1. The van der Waals surface area contributed by atoms with Gasteiger partial charge >= 0.3 is 5.97 Å². The molecular formula is C21H36N6O4. The second-order valence-electron chi connectivity index (χ2n) is 8.63. The Hall–Kier alpha value is -2.67. The number of nitrogens with zero attached hydrogens (tertiary/aromatic N) is 2. The van der Waals surface area contributed by atoms with Crippen LogP contribution < -0.4 is 22.5 Å². The van der Waals surface area contributed by atoms with Crippen LogP contribution in [-0.4, -0.2) is 47.4 Å². The first-order valence-electron chi connectivity index (χ1n) is 10.8. The smallest absolute Gasteiger partial charge is 0.306 e. The van der Waals surface area contributed by atoms with Gasteiger partial charge in [0, 0.05) is 29.8 Å². The largest absolute Gasteiger partial charge is 0.481 e. The van der Waals surface area contributed by atoms with E-state index in [2.05, 4.69) is 16.4 Å². The number of aliphatic carboxylic acids is 1. The van der Waals surface area contributed by atoms with E-state index >= 15 is 0 Å².